The zero-order valence-corrected chi connectivity index (χ0v) is 24.0. The lowest BCUT2D eigenvalue weighted by Gasteiger charge is -2.49. The minimum absolute atomic E-state index is 0.0483. The molecule has 1 atom stereocenters. The molecule has 2 aliphatic heterocycles. The Hall–Kier alpha value is -2.45. The molecule has 2 heterocycles. The van der Waals surface area contributed by atoms with Gasteiger partial charge in [-0.25, -0.2) is 4.79 Å². The molecule has 1 unspecified atom stereocenters. The summed E-state index contributed by atoms with van der Waals surface area (Å²) in [6, 6.07) is 9.60. The molecule has 37 heavy (non-hydrogen) atoms. The van der Waals surface area contributed by atoms with Crippen LogP contribution in [0.1, 0.15) is 64.0 Å². The van der Waals surface area contributed by atoms with Crippen LogP contribution in [0, 0.1) is 5.41 Å². The molecule has 2 saturated carbocycles. The van der Waals surface area contributed by atoms with Crippen molar-refractivity contribution >= 4 is 25.8 Å². The second-order valence-corrected chi connectivity index (χ2v) is 18.5. The van der Waals surface area contributed by atoms with Gasteiger partial charge < -0.3 is 20.6 Å². The molecule has 5 rings (SSSR count). The van der Waals surface area contributed by atoms with E-state index >= 15 is 0 Å². The molecule has 0 spiro atoms. The molecular formula is C29H42N4O3Si. The van der Waals surface area contributed by atoms with Gasteiger partial charge in [0.1, 0.15) is 5.84 Å². The van der Waals surface area contributed by atoms with Crippen LogP contribution >= 0.6 is 0 Å². The Morgan fingerprint density at radius 3 is 2.24 bits per heavy atom. The summed E-state index contributed by atoms with van der Waals surface area (Å²) in [7, 11) is -1.70. The summed E-state index contributed by atoms with van der Waals surface area (Å²) in [4.78, 5) is 33.9. The topological polar surface area (TPSA) is 94.0 Å². The van der Waals surface area contributed by atoms with Crippen molar-refractivity contribution in [1.82, 2.24) is 15.5 Å². The first-order valence-electron chi connectivity index (χ1n) is 13.8. The number of rotatable bonds is 6. The molecule has 4 aliphatic rings. The third-order valence-electron chi connectivity index (χ3n) is 10.0. The second-order valence-electron chi connectivity index (χ2n) is 13.1. The van der Waals surface area contributed by atoms with Gasteiger partial charge in [0.05, 0.1) is 39.4 Å². The van der Waals surface area contributed by atoms with Gasteiger partial charge in [-0.1, -0.05) is 62.8 Å². The number of hydrogen-bond acceptors (Lipinski definition) is 4. The first-order valence-corrected chi connectivity index (χ1v) is 17.3. The zero-order chi connectivity index (χ0) is 26.6. The Labute approximate surface area is 221 Å². The Morgan fingerprint density at radius 2 is 1.73 bits per heavy atom. The highest BCUT2D eigenvalue weighted by Crippen LogP contribution is 2.55. The number of benzene rings is 1. The van der Waals surface area contributed by atoms with E-state index in [2.05, 4.69) is 44.1 Å². The van der Waals surface area contributed by atoms with Crippen molar-refractivity contribution in [2.24, 2.45) is 10.4 Å². The fourth-order valence-electron chi connectivity index (χ4n) is 6.87. The average Bonchev–Trinajstić information content (AvgIpc) is 3.29. The highest BCUT2D eigenvalue weighted by Gasteiger charge is 2.55. The van der Waals surface area contributed by atoms with Crippen LogP contribution in [0.2, 0.25) is 24.7 Å². The lowest BCUT2D eigenvalue weighted by molar-refractivity contribution is -0.125. The van der Waals surface area contributed by atoms with Crippen LogP contribution in [0.3, 0.4) is 0 Å². The van der Waals surface area contributed by atoms with Crippen molar-refractivity contribution < 1.29 is 14.7 Å². The van der Waals surface area contributed by atoms with Gasteiger partial charge in [0, 0.05) is 16.0 Å². The highest BCUT2D eigenvalue weighted by atomic mass is 28.3. The van der Waals surface area contributed by atoms with E-state index in [-0.39, 0.29) is 35.0 Å². The molecule has 3 N–H and O–H groups in total. The van der Waals surface area contributed by atoms with Crippen LogP contribution in [0.15, 0.2) is 46.5 Å². The largest absolute Gasteiger partial charge is 0.396 e. The fourth-order valence-corrected chi connectivity index (χ4v) is 9.46. The Kier molecular flexibility index (Phi) is 6.42. The monoisotopic (exact) mass is 522 g/mol. The van der Waals surface area contributed by atoms with E-state index in [4.69, 9.17) is 4.99 Å². The number of carbonyl (C=O) groups excluding carboxylic acids is 2. The third-order valence-corrected chi connectivity index (χ3v) is 13.6. The van der Waals surface area contributed by atoms with Crippen molar-refractivity contribution in [2.75, 3.05) is 19.7 Å². The number of aliphatic hydroxyl groups excluding tert-OH is 1. The molecule has 1 aromatic rings. The molecule has 0 bridgehead atoms. The van der Waals surface area contributed by atoms with Gasteiger partial charge in [-0.05, 0) is 50.7 Å². The van der Waals surface area contributed by atoms with E-state index in [0.717, 1.165) is 55.2 Å². The van der Waals surface area contributed by atoms with E-state index in [9.17, 15) is 14.7 Å². The van der Waals surface area contributed by atoms with Crippen LogP contribution in [-0.4, -0.2) is 61.1 Å². The van der Waals surface area contributed by atoms with Gasteiger partial charge in [0.25, 0.3) is 0 Å². The van der Waals surface area contributed by atoms with Crippen molar-refractivity contribution in [3.63, 3.8) is 0 Å². The van der Waals surface area contributed by atoms with Crippen molar-refractivity contribution in [3.05, 3.63) is 47.0 Å². The smallest absolute Gasteiger partial charge is 0.318 e. The molecule has 1 aromatic carbocycles. The summed E-state index contributed by atoms with van der Waals surface area (Å²) in [5.41, 5.74) is 2.26. The molecular weight excluding hydrogens is 480 g/mol. The molecule has 2 aliphatic carbocycles. The Morgan fingerprint density at radius 1 is 1.08 bits per heavy atom. The maximum atomic E-state index is 13.8. The Bertz CT molecular complexity index is 1140. The molecule has 0 radical (unpaired) electrons. The number of aliphatic imine (C=N–C) groups is 1. The zero-order valence-electron chi connectivity index (χ0n) is 23.0. The van der Waals surface area contributed by atoms with Gasteiger partial charge in [0.2, 0.25) is 5.91 Å². The van der Waals surface area contributed by atoms with Crippen molar-refractivity contribution in [3.8, 4) is 0 Å². The number of amidine groups is 1. The summed E-state index contributed by atoms with van der Waals surface area (Å²) < 4.78 is 0. The third kappa shape index (κ3) is 4.07. The van der Waals surface area contributed by atoms with Crippen LogP contribution in [0.25, 0.3) is 0 Å². The predicted molar refractivity (Wildman–Crippen MR) is 149 cm³/mol. The van der Waals surface area contributed by atoms with Crippen LogP contribution < -0.4 is 10.6 Å². The molecule has 8 heteroatoms. The first kappa shape index (κ1) is 26.2. The summed E-state index contributed by atoms with van der Waals surface area (Å²) >= 11 is 0. The summed E-state index contributed by atoms with van der Waals surface area (Å²) in [6.07, 6.45) is 5.87. The predicted octanol–water partition coefficient (Wildman–Crippen LogP) is 4.78. The van der Waals surface area contributed by atoms with Gasteiger partial charge in [0.15, 0.2) is 0 Å². The fraction of sp³-hybridized carbons (Fsp3) is 0.621. The summed E-state index contributed by atoms with van der Waals surface area (Å²) in [5.74, 6) is 0.767. The second kappa shape index (κ2) is 9.08. The van der Waals surface area contributed by atoms with Gasteiger partial charge >= 0.3 is 6.03 Å². The standard InChI is InChI=1S/C29H42N4O3Si/c1-27(2)22-17-30-24(32-25(35)29(15-10-16-29)37(3,4)5)21(22)18-33(27)26(36)31-23(20-11-7-6-8-12-20)28(19-34)13-9-14-28/h6-8,11-12,23,34H,9-10,13-19H2,1-5H3,(H,31,36)(H,30,32,35). The van der Waals surface area contributed by atoms with Crippen molar-refractivity contribution in [1.29, 1.82) is 0 Å². The van der Waals surface area contributed by atoms with Gasteiger partial charge in [-0.3, -0.25) is 9.79 Å². The maximum Gasteiger partial charge on any atom is 0.318 e. The molecule has 200 valence electrons. The SMILES string of the molecule is CC1(C)C2=C(CN1C(=O)NC(c1ccccc1)C1(CO)CCC1)C(NC(=O)C1([Si](C)(C)C)CCC1)=NC2. The first-order chi connectivity index (χ1) is 17.5. The molecule has 3 amide bonds. The highest BCUT2D eigenvalue weighted by molar-refractivity contribution is 6.82. The molecule has 0 saturated heterocycles. The number of hydrogen-bond donors (Lipinski definition) is 3. The van der Waals surface area contributed by atoms with E-state index < -0.39 is 13.6 Å². The van der Waals surface area contributed by atoms with E-state index in [1.54, 1.807) is 0 Å². The average molecular weight is 523 g/mol. The normalized spacial score (nSPS) is 23.9. The molecule has 0 aromatic heterocycles. The molecule has 2 fully saturated rings. The minimum Gasteiger partial charge on any atom is -0.396 e. The molecule has 7 nitrogen and oxygen atoms in total. The van der Waals surface area contributed by atoms with Crippen molar-refractivity contribution in [2.45, 2.75) is 88.6 Å². The van der Waals surface area contributed by atoms with Gasteiger partial charge in [-0.2, -0.15) is 0 Å². The van der Waals surface area contributed by atoms with Crippen LogP contribution in [0.5, 0.6) is 0 Å². The number of nitrogens with one attached hydrogen (secondary N) is 2. The quantitative estimate of drug-likeness (QED) is 0.469. The summed E-state index contributed by atoms with van der Waals surface area (Å²) in [6.45, 7) is 11.9. The number of amides is 3. The Balaban J connectivity index is 1.34. The van der Waals surface area contributed by atoms with Crippen LogP contribution in [-0.2, 0) is 4.79 Å². The van der Waals surface area contributed by atoms with Gasteiger partial charge in [-0.15, -0.1) is 0 Å². The lowest BCUT2D eigenvalue weighted by atomic mass is 9.63. The number of urea groups is 1. The van der Waals surface area contributed by atoms with E-state index in [0.29, 0.717) is 18.9 Å². The number of aliphatic hydroxyl groups is 1. The van der Waals surface area contributed by atoms with E-state index in [1.807, 2.05) is 35.2 Å². The minimum atomic E-state index is -1.70. The van der Waals surface area contributed by atoms with E-state index in [1.165, 1.54) is 0 Å². The maximum absolute atomic E-state index is 13.8. The summed E-state index contributed by atoms with van der Waals surface area (Å²) in [5, 5.41) is 16.6. The van der Waals surface area contributed by atoms with Crippen LogP contribution in [0.4, 0.5) is 4.79 Å². The lowest BCUT2D eigenvalue weighted by Crippen LogP contribution is -2.56. The number of carbonyl (C=O) groups is 2. The number of nitrogens with zero attached hydrogens (tertiary/aromatic N) is 2.